The number of rotatable bonds is 1. The Kier molecular flexibility index (Phi) is 2.28. The predicted octanol–water partition coefficient (Wildman–Crippen LogP) is 2.52. The second kappa shape index (κ2) is 3.80. The molecule has 86 valence electrons. The minimum absolute atomic E-state index is 0.939. The molecule has 0 saturated carbocycles. The van der Waals surface area contributed by atoms with Gasteiger partial charge in [-0.2, -0.15) is 5.10 Å². The summed E-state index contributed by atoms with van der Waals surface area (Å²) >= 11 is 0. The molecule has 0 unspecified atom stereocenters. The van der Waals surface area contributed by atoms with Crippen LogP contribution in [0.1, 0.15) is 19.0 Å². The van der Waals surface area contributed by atoms with Crippen LogP contribution in [0.2, 0.25) is 0 Å². The summed E-state index contributed by atoms with van der Waals surface area (Å²) < 4.78 is 1.94. The fraction of sp³-hybridized carbons (Fsp3) is 0.308. The van der Waals surface area contributed by atoms with E-state index in [0.29, 0.717) is 0 Å². The van der Waals surface area contributed by atoms with Crippen molar-refractivity contribution in [3.05, 3.63) is 30.2 Å². The summed E-state index contributed by atoms with van der Waals surface area (Å²) in [6.45, 7) is 2.07. The van der Waals surface area contributed by atoms with Gasteiger partial charge in [0.2, 0.25) is 0 Å². The summed E-state index contributed by atoms with van der Waals surface area (Å²) in [6.07, 6.45) is 5.66. The molecule has 3 rings (SSSR count). The van der Waals surface area contributed by atoms with Crippen molar-refractivity contribution in [3.8, 4) is 11.3 Å². The maximum atomic E-state index is 4.65. The van der Waals surface area contributed by atoms with Crippen LogP contribution in [0.4, 0.5) is 5.69 Å². The van der Waals surface area contributed by atoms with E-state index in [9.17, 15) is 0 Å². The van der Waals surface area contributed by atoms with Crippen molar-refractivity contribution in [1.82, 2.24) is 14.8 Å². The Morgan fingerprint density at radius 1 is 1.29 bits per heavy atom. The summed E-state index contributed by atoms with van der Waals surface area (Å²) in [5.74, 6) is 0. The van der Waals surface area contributed by atoms with Gasteiger partial charge in [-0.3, -0.25) is 14.7 Å². The van der Waals surface area contributed by atoms with Crippen molar-refractivity contribution in [2.45, 2.75) is 19.8 Å². The minimum atomic E-state index is 0.939. The molecule has 0 fully saturated rings. The van der Waals surface area contributed by atoms with Crippen molar-refractivity contribution >= 4 is 11.4 Å². The lowest BCUT2D eigenvalue weighted by Gasteiger charge is -2.10. The molecule has 4 heteroatoms. The van der Waals surface area contributed by atoms with Crippen molar-refractivity contribution < 1.29 is 0 Å². The molecule has 0 spiro atoms. The summed E-state index contributed by atoms with van der Waals surface area (Å²) in [5.41, 5.74) is 5.38. The average Bonchev–Trinajstić information content (AvgIpc) is 2.67. The Balaban J connectivity index is 2.21. The van der Waals surface area contributed by atoms with E-state index in [2.05, 4.69) is 22.0 Å². The molecular formula is C13H14N4. The lowest BCUT2D eigenvalue weighted by Crippen LogP contribution is -2.05. The Morgan fingerprint density at radius 2 is 2.18 bits per heavy atom. The van der Waals surface area contributed by atoms with E-state index in [1.54, 1.807) is 6.20 Å². The van der Waals surface area contributed by atoms with Gasteiger partial charge in [-0.15, -0.1) is 0 Å². The highest BCUT2D eigenvalue weighted by Gasteiger charge is 2.20. The minimum Gasteiger partial charge on any atom is -0.270 e. The van der Waals surface area contributed by atoms with Gasteiger partial charge in [-0.1, -0.05) is 0 Å². The van der Waals surface area contributed by atoms with Crippen LogP contribution in [0.25, 0.3) is 11.3 Å². The second-order valence-corrected chi connectivity index (χ2v) is 4.36. The van der Waals surface area contributed by atoms with E-state index in [4.69, 9.17) is 0 Å². The standard InChI is InChI=1S/C13H14N4/c1-9-5-6-11-13(15-9)12(16-17(11)2)10-4-3-7-14-8-10/h3-4,7-8H,5-6H2,1-2H3. The maximum absolute atomic E-state index is 4.65. The number of fused-ring (bicyclic) bond motifs is 1. The highest BCUT2D eigenvalue weighted by atomic mass is 15.3. The van der Waals surface area contributed by atoms with Gasteiger partial charge in [0, 0.05) is 30.7 Å². The summed E-state index contributed by atoms with van der Waals surface area (Å²) in [4.78, 5) is 8.79. The summed E-state index contributed by atoms with van der Waals surface area (Å²) in [5, 5.41) is 4.57. The number of aromatic nitrogens is 3. The largest absolute Gasteiger partial charge is 0.270 e. The summed E-state index contributed by atoms with van der Waals surface area (Å²) in [7, 11) is 1.98. The van der Waals surface area contributed by atoms with Crippen molar-refractivity contribution in [1.29, 1.82) is 0 Å². The third-order valence-electron chi connectivity index (χ3n) is 3.10. The topological polar surface area (TPSA) is 43.1 Å². The van der Waals surface area contributed by atoms with Crippen molar-refractivity contribution in [2.75, 3.05) is 0 Å². The lowest BCUT2D eigenvalue weighted by atomic mass is 10.1. The Bertz CT molecular complexity index is 581. The number of pyridine rings is 1. The van der Waals surface area contributed by atoms with E-state index in [1.807, 2.05) is 30.1 Å². The molecule has 0 atom stereocenters. The van der Waals surface area contributed by atoms with Gasteiger partial charge in [-0.25, -0.2) is 0 Å². The SMILES string of the molecule is CC1=Nc2c(-c3cccnc3)nn(C)c2CC1. The van der Waals surface area contributed by atoms with Crippen LogP contribution in [0, 0.1) is 0 Å². The monoisotopic (exact) mass is 226 g/mol. The van der Waals surface area contributed by atoms with Gasteiger partial charge in [0.25, 0.3) is 0 Å². The zero-order chi connectivity index (χ0) is 11.8. The molecule has 4 nitrogen and oxygen atoms in total. The molecule has 2 aromatic rings. The smallest absolute Gasteiger partial charge is 0.120 e. The van der Waals surface area contributed by atoms with Crippen LogP contribution in [0.15, 0.2) is 29.5 Å². The molecule has 0 aromatic carbocycles. The third kappa shape index (κ3) is 1.65. The van der Waals surface area contributed by atoms with E-state index >= 15 is 0 Å². The van der Waals surface area contributed by atoms with Crippen LogP contribution < -0.4 is 0 Å². The third-order valence-corrected chi connectivity index (χ3v) is 3.10. The maximum Gasteiger partial charge on any atom is 0.120 e. The van der Waals surface area contributed by atoms with Crippen LogP contribution in [-0.4, -0.2) is 20.5 Å². The fourth-order valence-corrected chi connectivity index (χ4v) is 2.19. The van der Waals surface area contributed by atoms with Gasteiger partial charge in [0.05, 0.1) is 5.69 Å². The molecule has 0 saturated heterocycles. The molecular weight excluding hydrogens is 212 g/mol. The fourth-order valence-electron chi connectivity index (χ4n) is 2.19. The molecule has 0 amide bonds. The molecule has 0 bridgehead atoms. The first-order chi connectivity index (χ1) is 8.25. The molecule has 0 N–H and O–H groups in total. The molecule has 17 heavy (non-hydrogen) atoms. The predicted molar refractivity (Wildman–Crippen MR) is 67.5 cm³/mol. The van der Waals surface area contributed by atoms with Crippen molar-refractivity contribution in [3.63, 3.8) is 0 Å². The average molecular weight is 226 g/mol. The van der Waals surface area contributed by atoms with Crippen molar-refractivity contribution in [2.24, 2.45) is 12.0 Å². The Labute approximate surface area is 100 Å². The molecule has 1 aliphatic heterocycles. The number of nitrogens with zero attached hydrogens (tertiary/aromatic N) is 4. The number of aliphatic imine (C=N–C) groups is 1. The molecule has 0 radical (unpaired) electrons. The molecule has 1 aliphatic rings. The normalized spacial score (nSPS) is 14.4. The van der Waals surface area contributed by atoms with Gasteiger partial charge in [-0.05, 0) is 31.9 Å². The van der Waals surface area contributed by atoms with E-state index in [-0.39, 0.29) is 0 Å². The summed E-state index contributed by atoms with van der Waals surface area (Å²) in [6, 6.07) is 3.95. The highest BCUT2D eigenvalue weighted by Crippen LogP contribution is 2.35. The van der Waals surface area contributed by atoms with Crippen LogP contribution >= 0.6 is 0 Å². The Morgan fingerprint density at radius 3 is 2.94 bits per heavy atom. The van der Waals surface area contributed by atoms with Crippen LogP contribution in [-0.2, 0) is 13.5 Å². The van der Waals surface area contributed by atoms with E-state index in [1.165, 1.54) is 11.4 Å². The van der Waals surface area contributed by atoms with Gasteiger partial charge in [0.1, 0.15) is 11.4 Å². The first kappa shape index (κ1) is 10.2. The van der Waals surface area contributed by atoms with Crippen LogP contribution in [0.3, 0.4) is 0 Å². The highest BCUT2D eigenvalue weighted by molar-refractivity contribution is 5.90. The molecule has 3 heterocycles. The number of hydrogen-bond acceptors (Lipinski definition) is 3. The number of aryl methyl sites for hydroxylation is 1. The first-order valence-electron chi connectivity index (χ1n) is 5.76. The zero-order valence-corrected chi connectivity index (χ0v) is 10.0. The zero-order valence-electron chi connectivity index (χ0n) is 10.0. The van der Waals surface area contributed by atoms with E-state index in [0.717, 1.165) is 29.8 Å². The first-order valence-corrected chi connectivity index (χ1v) is 5.76. The quantitative estimate of drug-likeness (QED) is 0.749. The van der Waals surface area contributed by atoms with Gasteiger partial charge < -0.3 is 0 Å². The molecule has 0 aliphatic carbocycles. The van der Waals surface area contributed by atoms with Crippen LogP contribution in [0.5, 0.6) is 0 Å². The Hall–Kier alpha value is -1.97. The second-order valence-electron chi connectivity index (χ2n) is 4.36. The van der Waals surface area contributed by atoms with Gasteiger partial charge >= 0.3 is 0 Å². The van der Waals surface area contributed by atoms with E-state index < -0.39 is 0 Å². The lowest BCUT2D eigenvalue weighted by molar-refractivity contribution is 0.710. The van der Waals surface area contributed by atoms with Gasteiger partial charge in [0.15, 0.2) is 0 Å². The molecule has 2 aromatic heterocycles. The number of hydrogen-bond donors (Lipinski definition) is 0.